The highest BCUT2D eigenvalue weighted by Gasteiger charge is 2.14. The smallest absolute Gasteiger partial charge is 0.238 e. The number of halogens is 1. The number of aliphatic hydroxyl groups excluding tert-OH is 1. The quantitative estimate of drug-likeness (QED) is 0.676. The van der Waals surface area contributed by atoms with E-state index in [4.69, 9.17) is 10.8 Å². The second kappa shape index (κ2) is 8.57. The molecule has 0 unspecified atom stereocenters. The monoisotopic (exact) mass is 375 g/mol. The van der Waals surface area contributed by atoms with Gasteiger partial charge < -0.3 is 16.2 Å². The predicted molar refractivity (Wildman–Crippen MR) is 95.9 cm³/mol. The molecule has 0 radical (unpaired) electrons. The first-order chi connectivity index (χ1) is 11.2. The predicted octanol–water partition coefficient (Wildman–Crippen LogP) is 2.18. The van der Waals surface area contributed by atoms with E-state index in [1.165, 1.54) is 0 Å². The lowest BCUT2D eigenvalue weighted by Gasteiger charge is -2.14. The molecule has 0 aromatic heterocycles. The van der Waals surface area contributed by atoms with Crippen LogP contribution in [0.3, 0.4) is 0 Å². The summed E-state index contributed by atoms with van der Waals surface area (Å²) in [7, 11) is 0. The molecule has 0 bridgehead atoms. The van der Waals surface area contributed by atoms with Crippen molar-refractivity contribution in [2.75, 3.05) is 25.0 Å². The third-order valence-electron chi connectivity index (χ3n) is 3.11. The van der Waals surface area contributed by atoms with Crippen LogP contribution in [-0.2, 0) is 4.79 Å². The fraction of sp³-hybridized carbons (Fsp3) is 0.176. The topological polar surface area (TPSA) is 87.7 Å². The molecule has 0 fully saturated rings. The highest BCUT2D eigenvalue weighted by Crippen LogP contribution is 2.24. The maximum Gasteiger partial charge on any atom is 0.238 e. The van der Waals surface area contributed by atoms with Crippen LogP contribution >= 0.6 is 15.9 Å². The number of hydrogen-bond acceptors (Lipinski definition) is 4. The van der Waals surface area contributed by atoms with E-state index in [-0.39, 0.29) is 25.6 Å². The molecule has 0 aliphatic carbocycles. The number of carbonyl (C=O) groups excluding carboxylic acids is 1. The van der Waals surface area contributed by atoms with Crippen molar-refractivity contribution in [3.63, 3.8) is 0 Å². The molecular weight excluding hydrogens is 358 g/mol. The van der Waals surface area contributed by atoms with Gasteiger partial charge in [-0.15, -0.1) is 0 Å². The summed E-state index contributed by atoms with van der Waals surface area (Å²) in [5, 5.41) is 11.9. The van der Waals surface area contributed by atoms with Gasteiger partial charge in [-0.05, 0) is 18.2 Å². The van der Waals surface area contributed by atoms with Gasteiger partial charge in [-0.25, -0.2) is 0 Å². The minimum absolute atomic E-state index is 0.0468. The molecule has 6 heteroatoms. The Kier molecular flexibility index (Phi) is 6.46. The number of nitrogens with two attached hydrogens (primary N) is 1. The van der Waals surface area contributed by atoms with Crippen LogP contribution in [0.5, 0.6) is 0 Å². The number of anilines is 1. The molecule has 0 saturated carbocycles. The van der Waals surface area contributed by atoms with Crippen molar-refractivity contribution in [1.29, 1.82) is 0 Å². The van der Waals surface area contributed by atoms with E-state index >= 15 is 0 Å². The third-order valence-corrected chi connectivity index (χ3v) is 3.61. The Bertz CT molecular complexity index is 702. The van der Waals surface area contributed by atoms with Crippen molar-refractivity contribution in [2.45, 2.75) is 0 Å². The van der Waals surface area contributed by atoms with Gasteiger partial charge in [0.25, 0.3) is 0 Å². The Labute approximate surface area is 143 Å². The fourth-order valence-electron chi connectivity index (χ4n) is 2.11. The van der Waals surface area contributed by atoms with E-state index in [1.807, 2.05) is 42.5 Å². The third kappa shape index (κ3) is 4.72. The number of benzene rings is 2. The minimum atomic E-state index is -0.275. The molecule has 120 valence electrons. The van der Waals surface area contributed by atoms with Crippen LogP contribution in [0, 0.1) is 0 Å². The molecule has 2 rings (SSSR count). The Morgan fingerprint density at radius 1 is 1.22 bits per heavy atom. The number of hydrogen-bond donors (Lipinski definition) is 3. The summed E-state index contributed by atoms with van der Waals surface area (Å²) in [5.41, 5.74) is 8.38. The van der Waals surface area contributed by atoms with Crippen LogP contribution in [0.25, 0.3) is 0 Å². The Morgan fingerprint density at radius 2 is 1.96 bits per heavy atom. The SMILES string of the molecule is NCC(=O)Nc1ccc(Br)cc1/C(=N\CCO)c1ccccc1. The summed E-state index contributed by atoms with van der Waals surface area (Å²) >= 11 is 3.45. The van der Waals surface area contributed by atoms with Crippen LogP contribution in [0.4, 0.5) is 5.69 Å². The molecule has 0 aliphatic heterocycles. The van der Waals surface area contributed by atoms with Gasteiger partial charge in [0.05, 0.1) is 31.1 Å². The van der Waals surface area contributed by atoms with Gasteiger partial charge in [-0.1, -0.05) is 46.3 Å². The lowest BCUT2D eigenvalue weighted by Crippen LogP contribution is -2.23. The van der Waals surface area contributed by atoms with Crippen molar-refractivity contribution in [3.05, 3.63) is 64.1 Å². The second-order valence-corrected chi connectivity index (χ2v) is 5.68. The summed E-state index contributed by atoms with van der Waals surface area (Å²) in [5.74, 6) is -0.275. The van der Waals surface area contributed by atoms with Gasteiger partial charge in [0.15, 0.2) is 0 Å². The lowest BCUT2D eigenvalue weighted by molar-refractivity contribution is -0.114. The zero-order chi connectivity index (χ0) is 16.7. The minimum Gasteiger partial charge on any atom is -0.394 e. The van der Waals surface area contributed by atoms with Crippen LogP contribution in [0.2, 0.25) is 0 Å². The van der Waals surface area contributed by atoms with Crippen LogP contribution < -0.4 is 11.1 Å². The number of rotatable bonds is 6. The maximum absolute atomic E-state index is 11.7. The molecule has 5 nitrogen and oxygen atoms in total. The summed E-state index contributed by atoms with van der Waals surface area (Å²) in [6.07, 6.45) is 0. The number of amides is 1. The molecule has 23 heavy (non-hydrogen) atoms. The molecule has 0 saturated heterocycles. The summed E-state index contributed by atoms with van der Waals surface area (Å²) in [4.78, 5) is 16.1. The molecule has 0 atom stereocenters. The van der Waals surface area contributed by atoms with E-state index in [2.05, 4.69) is 26.2 Å². The molecule has 0 heterocycles. The zero-order valence-electron chi connectivity index (χ0n) is 12.5. The van der Waals surface area contributed by atoms with Crippen molar-refractivity contribution >= 4 is 33.2 Å². The largest absolute Gasteiger partial charge is 0.394 e. The van der Waals surface area contributed by atoms with Gasteiger partial charge >= 0.3 is 0 Å². The normalized spacial score (nSPS) is 11.3. The fourth-order valence-corrected chi connectivity index (χ4v) is 2.47. The van der Waals surface area contributed by atoms with E-state index in [0.29, 0.717) is 11.4 Å². The number of carbonyl (C=O) groups is 1. The maximum atomic E-state index is 11.7. The van der Waals surface area contributed by atoms with Gasteiger partial charge in [0.1, 0.15) is 0 Å². The Morgan fingerprint density at radius 3 is 2.61 bits per heavy atom. The molecular formula is C17H18BrN3O2. The molecule has 1 amide bonds. The molecule has 0 aliphatic rings. The first-order valence-corrected chi connectivity index (χ1v) is 7.95. The standard InChI is InChI=1S/C17H18BrN3O2/c18-13-6-7-15(21-16(23)11-19)14(10-13)17(20-8-9-22)12-4-2-1-3-5-12/h1-7,10,22H,8-9,11,19H2,(H,21,23)/b20-17-. The molecule has 2 aromatic carbocycles. The number of nitrogens with zero attached hydrogens (tertiary/aromatic N) is 1. The van der Waals surface area contributed by atoms with Crippen LogP contribution in [-0.4, -0.2) is 36.4 Å². The average Bonchev–Trinajstić information content (AvgIpc) is 2.58. The average molecular weight is 376 g/mol. The van der Waals surface area contributed by atoms with Crippen molar-refractivity contribution in [3.8, 4) is 0 Å². The summed E-state index contributed by atoms with van der Waals surface area (Å²) < 4.78 is 0.867. The van der Waals surface area contributed by atoms with E-state index in [1.54, 1.807) is 6.07 Å². The number of nitrogens with one attached hydrogen (secondary N) is 1. The lowest BCUT2D eigenvalue weighted by atomic mass is 10.0. The Balaban J connectivity index is 2.53. The van der Waals surface area contributed by atoms with Crippen molar-refractivity contribution < 1.29 is 9.90 Å². The van der Waals surface area contributed by atoms with Gasteiger partial charge in [0.2, 0.25) is 5.91 Å². The molecule has 4 N–H and O–H groups in total. The highest BCUT2D eigenvalue weighted by molar-refractivity contribution is 9.10. The molecule has 0 spiro atoms. The summed E-state index contributed by atoms with van der Waals surface area (Å²) in [6, 6.07) is 15.1. The van der Waals surface area contributed by atoms with Crippen molar-refractivity contribution in [2.24, 2.45) is 10.7 Å². The van der Waals surface area contributed by atoms with Gasteiger partial charge in [-0.2, -0.15) is 0 Å². The van der Waals surface area contributed by atoms with E-state index in [0.717, 1.165) is 15.6 Å². The first kappa shape index (κ1) is 17.3. The summed E-state index contributed by atoms with van der Waals surface area (Å²) in [6.45, 7) is 0.139. The van der Waals surface area contributed by atoms with Gasteiger partial charge in [-0.3, -0.25) is 9.79 Å². The Hall–Kier alpha value is -2.02. The number of aliphatic hydroxyl groups is 1. The highest BCUT2D eigenvalue weighted by atomic mass is 79.9. The first-order valence-electron chi connectivity index (χ1n) is 7.16. The second-order valence-electron chi connectivity index (χ2n) is 4.76. The van der Waals surface area contributed by atoms with E-state index in [9.17, 15) is 4.79 Å². The van der Waals surface area contributed by atoms with Gasteiger partial charge in [0, 0.05) is 15.6 Å². The number of aliphatic imine (C=N–C) groups is 1. The molecule has 2 aromatic rings. The van der Waals surface area contributed by atoms with Crippen LogP contribution in [0.15, 0.2) is 58.0 Å². The van der Waals surface area contributed by atoms with Crippen molar-refractivity contribution in [1.82, 2.24) is 0 Å². The van der Waals surface area contributed by atoms with E-state index < -0.39 is 0 Å². The zero-order valence-corrected chi connectivity index (χ0v) is 14.1. The van der Waals surface area contributed by atoms with Crippen LogP contribution in [0.1, 0.15) is 11.1 Å².